The molecule has 0 aliphatic carbocycles. The summed E-state index contributed by atoms with van der Waals surface area (Å²) in [5.41, 5.74) is 5.27. The third-order valence-electron chi connectivity index (χ3n) is 1.64. The van der Waals surface area contributed by atoms with Crippen LogP contribution in [0.3, 0.4) is 0 Å². The van der Waals surface area contributed by atoms with Crippen LogP contribution in [0.1, 0.15) is 10.8 Å². The largest absolute Gasteiger partial charge is 0.453 e. The molecular weight excluding hydrogens is 231 g/mol. The maximum atomic E-state index is 12.4. The first kappa shape index (κ1) is 10.3. The molecule has 0 radical (unpaired) electrons. The van der Waals surface area contributed by atoms with Crippen LogP contribution >= 0.6 is 11.3 Å². The first-order valence-electron chi connectivity index (χ1n) is 4.01. The zero-order chi connectivity index (χ0) is 11.1. The number of rotatable bonds is 2. The van der Waals surface area contributed by atoms with E-state index in [0.29, 0.717) is 22.5 Å². The van der Waals surface area contributed by atoms with Crippen molar-refractivity contribution in [3.63, 3.8) is 0 Å². The lowest BCUT2D eigenvalue weighted by Gasteiger charge is -1.99. The predicted molar refractivity (Wildman–Crippen MR) is 46.4 cm³/mol. The van der Waals surface area contributed by atoms with Crippen molar-refractivity contribution in [2.24, 2.45) is 5.73 Å². The summed E-state index contributed by atoms with van der Waals surface area (Å²) in [5.74, 6) is -1.10. The van der Waals surface area contributed by atoms with E-state index in [1.807, 2.05) is 0 Å². The van der Waals surface area contributed by atoms with Crippen LogP contribution < -0.4 is 5.73 Å². The fourth-order valence-corrected chi connectivity index (χ4v) is 1.91. The van der Waals surface area contributed by atoms with Gasteiger partial charge in [-0.25, -0.2) is 0 Å². The zero-order valence-corrected chi connectivity index (χ0v) is 8.14. The number of nitrogens with zero attached hydrogens (tertiary/aromatic N) is 4. The van der Waals surface area contributed by atoms with Crippen LogP contribution in [-0.2, 0) is 12.6 Å². The monoisotopic (exact) mass is 237 g/mol. The molecule has 0 atom stereocenters. The molecule has 0 saturated carbocycles. The molecule has 0 aliphatic rings. The molecule has 2 aromatic rings. The number of hydrogen-bond donors (Lipinski definition) is 1. The van der Waals surface area contributed by atoms with Crippen molar-refractivity contribution in [3.05, 3.63) is 10.8 Å². The molecule has 82 valence electrons. The number of fused-ring (bicyclic) bond motifs is 1. The second kappa shape index (κ2) is 3.42. The quantitative estimate of drug-likeness (QED) is 0.835. The number of nitrogens with two attached hydrogens (primary N) is 1. The summed E-state index contributed by atoms with van der Waals surface area (Å²) >= 11 is 1.06. The SMILES string of the molecule is NCCc1nn2c(C(F)(F)F)nnc2s1. The summed E-state index contributed by atoms with van der Waals surface area (Å²) < 4.78 is 37.8. The van der Waals surface area contributed by atoms with Gasteiger partial charge in [0.05, 0.1) is 0 Å². The van der Waals surface area contributed by atoms with Gasteiger partial charge >= 0.3 is 6.18 Å². The number of halogens is 3. The summed E-state index contributed by atoms with van der Waals surface area (Å²) in [6, 6.07) is 0. The highest BCUT2D eigenvalue weighted by molar-refractivity contribution is 7.16. The van der Waals surface area contributed by atoms with Gasteiger partial charge in [-0.1, -0.05) is 11.3 Å². The van der Waals surface area contributed by atoms with E-state index in [-0.39, 0.29) is 4.96 Å². The highest BCUT2D eigenvalue weighted by Gasteiger charge is 2.38. The molecule has 2 heterocycles. The highest BCUT2D eigenvalue weighted by atomic mass is 32.1. The van der Waals surface area contributed by atoms with Gasteiger partial charge in [0.25, 0.3) is 5.82 Å². The lowest BCUT2D eigenvalue weighted by molar-refractivity contribution is -0.146. The van der Waals surface area contributed by atoms with Crippen LogP contribution in [0.2, 0.25) is 0 Å². The van der Waals surface area contributed by atoms with Crippen molar-refractivity contribution in [2.45, 2.75) is 12.6 Å². The minimum Gasteiger partial charge on any atom is -0.330 e. The Balaban J connectivity index is 2.49. The average Bonchev–Trinajstić information content (AvgIpc) is 2.60. The van der Waals surface area contributed by atoms with E-state index in [1.165, 1.54) is 0 Å². The summed E-state index contributed by atoms with van der Waals surface area (Å²) in [7, 11) is 0. The van der Waals surface area contributed by atoms with Crippen molar-refractivity contribution < 1.29 is 13.2 Å². The van der Waals surface area contributed by atoms with Crippen LogP contribution in [0.4, 0.5) is 13.2 Å². The van der Waals surface area contributed by atoms with E-state index in [9.17, 15) is 13.2 Å². The Morgan fingerprint density at radius 1 is 1.33 bits per heavy atom. The fraction of sp³-hybridized carbons (Fsp3) is 0.500. The van der Waals surface area contributed by atoms with E-state index in [0.717, 1.165) is 11.3 Å². The molecule has 2 aromatic heterocycles. The molecule has 0 fully saturated rings. The van der Waals surface area contributed by atoms with Crippen LogP contribution in [0, 0.1) is 0 Å². The van der Waals surface area contributed by atoms with Crippen LogP contribution in [0.25, 0.3) is 4.96 Å². The Kier molecular flexibility index (Phi) is 2.35. The van der Waals surface area contributed by atoms with E-state index in [2.05, 4.69) is 15.3 Å². The molecular formula is C6H6F3N5S. The number of aromatic nitrogens is 4. The van der Waals surface area contributed by atoms with Crippen LogP contribution in [0.5, 0.6) is 0 Å². The Bertz CT molecular complexity index is 473. The highest BCUT2D eigenvalue weighted by Crippen LogP contribution is 2.28. The van der Waals surface area contributed by atoms with E-state index < -0.39 is 12.0 Å². The molecule has 0 aliphatic heterocycles. The van der Waals surface area contributed by atoms with Crippen molar-refractivity contribution in [1.29, 1.82) is 0 Å². The minimum absolute atomic E-state index is 0.130. The van der Waals surface area contributed by atoms with Crippen molar-refractivity contribution in [3.8, 4) is 0 Å². The molecule has 0 saturated heterocycles. The van der Waals surface area contributed by atoms with Gasteiger partial charge < -0.3 is 5.73 Å². The average molecular weight is 237 g/mol. The van der Waals surface area contributed by atoms with E-state index in [4.69, 9.17) is 5.73 Å². The van der Waals surface area contributed by atoms with Crippen molar-refractivity contribution >= 4 is 16.3 Å². The van der Waals surface area contributed by atoms with Gasteiger partial charge in [-0.2, -0.15) is 22.8 Å². The molecule has 2 N–H and O–H groups in total. The summed E-state index contributed by atoms with van der Waals surface area (Å²) in [6.07, 6.45) is -4.10. The molecule has 2 rings (SSSR count). The normalized spacial score (nSPS) is 12.5. The maximum absolute atomic E-state index is 12.4. The summed E-state index contributed by atoms with van der Waals surface area (Å²) in [6.45, 7) is 0.339. The summed E-state index contributed by atoms with van der Waals surface area (Å²) in [5, 5.41) is 10.7. The molecule has 0 aromatic carbocycles. The molecule has 5 nitrogen and oxygen atoms in total. The Morgan fingerprint density at radius 2 is 2.07 bits per heavy atom. The molecule has 0 unspecified atom stereocenters. The molecule has 0 spiro atoms. The van der Waals surface area contributed by atoms with Crippen LogP contribution in [-0.4, -0.2) is 26.4 Å². The molecule has 0 bridgehead atoms. The van der Waals surface area contributed by atoms with Gasteiger partial charge in [0, 0.05) is 6.42 Å². The fourth-order valence-electron chi connectivity index (χ4n) is 1.06. The second-order valence-electron chi connectivity index (χ2n) is 2.75. The first-order valence-corrected chi connectivity index (χ1v) is 4.82. The predicted octanol–water partition coefficient (Wildman–Crippen LogP) is 0.706. The lowest BCUT2D eigenvalue weighted by atomic mass is 10.5. The number of hydrogen-bond acceptors (Lipinski definition) is 5. The third kappa shape index (κ3) is 1.79. The number of alkyl halides is 3. The van der Waals surface area contributed by atoms with E-state index >= 15 is 0 Å². The van der Waals surface area contributed by atoms with Gasteiger partial charge in [0.2, 0.25) is 4.96 Å². The lowest BCUT2D eigenvalue weighted by Crippen LogP contribution is -2.12. The van der Waals surface area contributed by atoms with Gasteiger partial charge in [0.1, 0.15) is 5.01 Å². The smallest absolute Gasteiger partial charge is 0.330 e. The topological polar surface area (TPSA) is 69.1 Å². The standard InChI is InChI=1S/C6H6F3N5S/c7-6(8,9)4-11-12-5-14(4)13-3(15-5)1-2-10/h1-2,10H2. The van der Waals surface area contributed by atoms with Gasteiger partial charge in [-0.3, -0.25) is 0 Å². The first-order chi connectivity index (χ1) is 7.02. The van der Waals surface area contributed by atoms with Gasteiger partial charge in [-0.05, 0) is 6.54 Å². The molecule has 15 heavy (non-hydrogen) atoms. The maximum Gasteiger partial charge on any atom is 0.453 e. The van der Waals surface area contributed by atoms with E-state index in [1.54, 1.807) is 0 Å². The van der Waals surface area contributed by atoms with Crippen molar-refractivity contribution in [2.75, 3.05) is 6.54 Å². The molecule has 0 amide bonds. The Labute approximate surface area is 85.7 Å². The van der Waals surface area contributed by atoms with Crippen molar-refractivity contribution in [1.82, 2.24) is 19.8 Å². The third-order valence-corrected chi connectivity index (χ3v) is 2.60. The van der Waals surface area contributed by atoms with Gasteiger partial charge in [-0.15, -0.1) is 10.2 Å². The Hall–Kier alpha value is -1.22. The zero-order valence-electron chi connectivity index (χ0n) is 7.32. The minimum atomic E-state index is -4.53. The second-order valence-corrected chi connectivity index (χ2v) is 3.79. The van der Waals surface area contributed by atoms with Crippen LogP contribution in [0.15, 0.2) is 0 Å². The van der Waals surface area contributed by atoms with Gasteiger partial charge in [0.15, 0.2) is 0 Å². The Morgan fingerprint density at radius 3 is 2.67 bits per heavy atom. The molecule has 9 heteroatoms. The summed E-state index contributed by atoms with van der Waals surface area (Å²) in [4.78, 5) is 0.130.